The number of H-pyrrole nitrogens is 1. The molecule has 1 heterocycles. The summed E-state index contributed by atoms with van der Waals surface area (Å²) in [6, 6.07) is 24.3. The summed E-state index contributed by atoms with van der Waals surface area (Å²) in [6.07, 6.45) is 0. The number of hydrogen-bond donors (Lipinski definition) is 2. The quantitative estimate of drug-likeness (QED) is 0.318. The molecule has 0 fully saturated rings. The highest BCUT2D eigenvalue weighted by atomic mass is 79.9. The molecule has 0 radical (unpaired) electrons. The van der Waals surface area contributed by atoms with Gasteiger partial charge < -0.3 is 10.2 Å². The van der Waals surface area contributed by atoms with Crippen LogP contribution in [0, 0.1) is 11.7 Å². The molecule has 0 amide bonds. The number of aromatic amines is 1. The van der Waals surface area contributed by atoms with E-state index in [1.807, 2.05) is 54.6 Å². The van der Waals surface area contributed by atoms with Crippen molar-refractivity contribution in [3.8, 4) is 17.1 Å². The molecule has 0 saturated heterocycles. The molecular weight excluding hydrogens is 460 g/mol. The summed E-state index contributed by atoms with van der Waals surface area (Å²) in [7, 11) is 0. The molecule has 0 aliphatic carbocycles. The van der Waals surface area contributed by atoms with Gasteiger partial charge in [-0.15, -0.1) is 0 Å². The smallest absolute Gasteiger partial charge is 0.214 e. The van der Waals surface area contributed by atoms with E-state index in [1.165, 1.54) is 5.56 Å². The zero-order valence-corrected chi connectivity index (χ0v) is 18.8. The minimum atomic E-state index is 0.506. The third kappa shape index (κ3) is 4.80. The standard InChI is InChI=1S/C23H21BrN4OS/c1-16-6-5-7-17(12-16)15-29-21-11-10-20(24)13-19(21)14-25-28-22(26-27-23(28)30)18-8-3-2-4-9-18/h2-13,25H,14-15H2,1H3,(H,27,30). The molecule has 0 atom stereocenters. The van der Waals surface area contributed by atoms with Crippen molar-refractivity contribution >= 4 is 28.1 Å². The average Bonchev–Trinajstić information content (AvgIpc) is 3.12. The van der Waals surface area contributed by atoms with Gasteiger partial charge >= 0.3 is 0 Å². The first kappa shape index (κ1) is 20.4. The van der Waals surface area contributed by atoms with E-state index < -0.39 is 0 Å². The van der Waals surface area contributed by atoms with Gasteiger partial charge in [0.15, 0.2) is 5.82 Å². The lowest BCUT2D eigenvalue weighted by molar-refractivity contribution is 0.303. The molecule has 0 spiro atoms. The van der Waals surface area contributed by atoms with Crippen molar-refractivity contribution < 1.29 is 4.74 Å². The first-order chi connectivity index (χ1) is 14.6. The number of rotatable bonds is 7. The fourth-order valence-corrected chi connectivity index (χ4v) is 3.78. The Morgan fingerprint density at radius 3 is 2.70 bits per heavy atom. The van der Waals surface area contributed by atoms with Gasteiger partial charge in [-0.05, 0) is 42.9 Å². The molecule has 0 bridgehead atoms. The van der Waals surface area contributed by atoms with Crippen LogP contribution in [0.5, 0.6) is 5.75 Å². The Balaban J connectivity index is 1.54. The first-order valence-corrected chi connectivity index (χ1v) is 10.7. The van der Waals surface area contributed by atoms with Gasteiger partial charge in [0, 0.05) is 15.6 Å². The van der Waals surface area contributed by atoms with Crippen molar-refractivity contribution in [1.29, 1.82) is 0 Å². The van der Waals surface area contributed by atoms with Crippen molar-refractivity contribution in [3.05, 3.63) is 98.7 Å². The average molecular weight is 481 g/mol. The van der Waals surface area contributed by atoms with Crippen LogP contribution in [-0.2, 0) is 13.2 Å². The fraction of sp³-hybridized carbons (Fsp3) is 0.130. The van der Waals surface area contributed by atoms with E-state index in [4.69, 9.17) is 17.0 Å². The summed E-state index contributed by atoms with van der Waals surface area (Å²) in [5.41, 5.74) is 7.71. The lowest BCUT2D eigenvalue weighted by Gasteiger charge is -2.15. The molecule has 4 aromatic rings. The zero-order valence-electron chi connectivity index (χ0n) is 16.4. The largest absolute Gasteiger partial charge is 0.489 e. The van der Waals surface area contributed by atoms with Crippen LogP contribution >= 0.6 is 28.1 Å². The fourth-order valence-electron chi connectivity index (χ4n) is 3.18. The van der Waals surface area contributed by atoms with Crippen LogP contribution < -0.4 is 10.2 Å². The van der Waals surface area contributed by atoms with Crippen LogP contribution in [0.1, 0.15) is 16.7 Å². The van der Waals surface area contributed by atoms with E-state index in [0.29, 0.717) is 17.9 Å². The lowest BCUT2D eigenvalue weighted by Crippen LogP contribution is -2.16. The van der Waals surface area contributed by atoms with Gasteiger partial charge in [-0.25, -0.2) is 9.77 Å². The molecule has 4 rings (SSSR count). The van der Waals surface area contributed by atoms with Crippen molar-refractivity contribution in [1.82, 2.24) is 14.9 Å². The molecule has 152 valence electrons. The van der Waals surface area contributed by atoms with Crippen molar-refractivity contribution in [2.45, 2.75) is 20.1 Å². The van der Waals surface area contributed by atoms with Gasteiger partial charge in [0.1, 0.15) is 12.4 Å². The third-order valence-electron chi connectivity index (χ3n) is 4.63. The second-order valence-electron chi connectivity index (χ2n) is 6.92. The Morgan fingerprint density at radius 1 is 1.07 bits per heavy atom. The summed E-state index contributed by atoms with van der Waals surface area (Å²) >= 11 is 8.97. The molecule has 0 aliphatic rings. The maximum absolute atomic E-state index is 6.13. The van der Waals surface area contributed by atoms with E-state index in [9.17, 15) is 0 Å². The van der Waals surface area contributed by atoms with E-state index in [-0.39, 0.29) is 0 Å². The number of halogens is 1. The van der Waals surface area contributed by atoms with Crippen LogP contribution in [0.4, 0.5) is 0 Å². The lowest BCUT2D eigenvalue weighted by atomic mass is 10.1. The number of nitrogens with one attached hydrogen (secondary N) is 2. The van der Waals surface area contributed by atoms with Crippen molar-refractivity contribution in [3.63, 3.8) is 0 Å². The molecular formula is C23H21BrN4OS. The first-order valence-electron chi connectivity index (χ1n) is 9.53. The molecule has 30 heavy (non-hydrogen) atoms. The molecule has 7 heteroatoms. The van der Waals surface area contributed by atoms with Crippen LogP contribution in [0.25, 0.3) is 11.4 Å². The Kier molecular flexibility index (Phi) is 6.30. The summed E-state index contributed by atoms with van der Waals surface area (Å²) in [4.78, 5) is 0. The van der Waals surface area contributed by atoms with E-state index in [1.54, 1.807) is 4.68 Å². The van der Waals surface area contributed by atoms with E-state index >= 15 is 0 Å². The molecule has 5 nitrogen and oxygen atoms in total. The Labute approximate surface area is 188 Å². The van der Waals surface area contributed by atoms with Gasteiger partial charge in [0.25, 0.3) is 0 Å². The Bertz CT molecular complexity index is 1200. The summed E-state index contributed by atoms with van der Waals surface area (Å²) in [5, 5.41) is 7.23. The van der Waals surface area contributed by atoms with Crippen LogP contribution in [-0.4, -0.2) is 14.9 Å². The van der Waals surface area contributed by atoms with Crippen molar-refractivity contribution in [2.75, 3.05) is 5.43 Å². The minimum Gasteiger partial charge on any atom is -0.489 e. The summed E-state index contributed by atoms with van der Waals surface area (Å²) < 4.78 is 9.41. The Morgan fingerprint density at radius 2 is 1.90 bits per heavy atom. The van der Waals surface area contributed by atoms with E-state index in [2.05, 4.69) is 56.7 Å². The highest BCUT2D eigenvalue weighted by molar-refractivity contribution is 9.10. The number of benzene rings is 3. The third-order valence-corrected chi connectivity index (χ3v) is 5.40. The molecule has 0 aliphatic heterocycles. The predicted octanol–water partition coefficient (Wildman–Crippen LogP) is 6.00. The maximum atomic E-state index is 6.13. The van der Waals surface area contributed by atoms with Gasteiger partial charge in [0.05, 0.1) is 6.54 Å². The van der Waals surface area contributed by atoms with Gasteiger partial charge in [-0.1, -0.05) is 76.1 Å². The van der Waals surface area contributed by atoms with Gasteiger partial charge in [-0.2, -0.15) is 5.10 Å². The zero-order chi connectivity index (χ0) is 20.9. The summed E-state index contributed by atoms with van der Waals surface area (Å²) in [5.74, 6) is 1.56. The topological polar surface area (TPSA) is 54.9 Å². The normalized spacial score (nSPS) is 10.7. The van der Waals surface area contributed by atoms with Crippen molar-refractivity contribution in [2.24, 2.45) is 0 Å². The number of aryl methyl sites for hydroxylation is 1. The molecule has 0 saturated carbocycles. The molecule has 3 aromatic carbocycles. The van der Waals surface area contributed by atoms with E-state index in [0.717, 1.165) is 32.7 Å². The second kappa shape index (κ2) is 9.28. The monoisotopic (exact) mass is 480 g/mol. The van der Waals surface area contributed by atoms with Crippen LogP contribution in [0.15, 0.2) is 77.3 Å². The molecule has 0 unspecified atom stereocenters. The van der Waals surface area contributed by atoms with Crippen LogP contribution in [0.2, 0.25) is 0 Å². The number of hydrogen-bond acceptors (Lipinski definition) is 4. The van der Waals surface area contributed by atoms with Gasteiger partial charge in [0.2, 0.25) is 4.77 Å². The highest BCUT2D eigenvalue weighted by Crippen LogP contribution is 2.25. The minimum absolute atomic E-state index is 0.506. The number of nitrogens with zero attached hydrogens (tertiary/aromatic N) is 2. The Hall–Kier alpha value is -2.90. The van der Waals surface area contributed by atoms with Gasteiger partial charge in [-0.3, -0.25) is 0 Å². The molecule has 2 N–H and O–H groups in total. The van der Waals surface area contributed by atoms with Crippen LogP contribution in [0.3, 0.4) is 0 Å². The molecule has 1 aromatic heterocycles. The highest BCUT2D eigenvalue weighted by Gasteiger charge is 2.11. The number of aromatic nitrogens is 3. The maximum Gasteiger partial charge on any atom is 0.214 e. The predicted molar refractivity (Wildman–Crippen MR) is 126 cm³/mol. The summed E-state index contributed by atoms with van der Waals surface area (Å²) in [6.45, 7) is 3.12. The SMILES string of the molecule is Cc1cccc(COc2ccc(Br)cc2CNn2c(-c3ccccc3)n[nH]c2=S)c1. The number of ether oxygens (including phenoxy) is 1. The second-order valence-corrected chi connectivity index (χ2v) is 8.22.